The molecule has 0 aliphatic heterocycles. The average molecular weight is 1700 g/mol. The second kappa shape index (κ2) is 37.5. The van der Waals surface area contributed by atoms with Gasteiger partial charge in [-0.25, -0.2) is 0 Å². The van der Waals surface area contributed by atoms with E-state index in [0.717, 1.165) is 102 Å². The first-order valence-corrected chi connectivity index (χ1v) is 44.5. The van der Waals surface area contributed by atoms with Crippen LogP contribution in [0.5, 0.6) is 0 Å². The van der Waals surface area contributed by atoms with Crippen LogP contribution in [0.15, 0.2) is 458 Å². The van der Waals surface area contributed by atoms with E-state index in [9.17, 15) is 0 Å². The highest BCUT2D eigenvalue weighted by molar-refractivity contribution is 5.91. The predicted molar refractivity (Wildman–Crippen MR) is 542 cm³/mol. The van der Waals surface area contributed by atoms with Crippen LogP contribution in [-0.2, 0) is 5.41 Å². The Hall–Kier alpha value is -16.6. The normalized spacial score (nSPS) is 11.6. The van der Waals surface area contributed by atoms with E-state index in [1.807, 2.05) is 12.1 Å². The number of anilines is 12. The second-order valence-corrected chi connectivity index (χ2v) is 33.6. The molecule has 0 atom stereocenters. The Kier molecular flexibility index (Phi) is 24.1. The summed E-state index contributed by atoms with van der Waals surface area (Å²) in [4.78, 5) is 9.28. The molecule has 2 heterocycles. The molecule has 0 amide bonds. The molecule has 0 bridgehead atoms. The van der Waals surface area contributed by atoms with Crippen molar-refractivity contribution in [1.29, 1.82) is 0 Å². The zero-order valence-electron chi connectivity index (χ0n) is 74.6. The smallest absolute Gasteiger partial charge is 0.247 e. The van der Waals surface area contributed by atoms with Gasteiger partial charge >= 0.3 is 0 Å². The van der Waals surface area contributed by atoms with Gasteiger partial charge in [-0.1, -0.05) is 290 Å². The molecule has 0 saturated carbocycles. The van der Waals surface area contributed by atoms with Crippen LogP contribution in [0.2, 0.25) is 0 Å². The van der Waals surface area contributed by atoms with Gasteiger partial charge in [-0.3, -0.25) is 0 Å². The first kappa shape index (κ1) is 84.0. The molecule has 0 unspecified atom stereocenters. The maximum Gasteiger partial charge on any atom is 0.247 e. The van der Waals surface area contributed by atoms with Crippen LogP contribution in [0.25, 0.3) is 78.5 Å². The maximum atomic E-state index is 5.82. The predicted octanol–water partition coefficient (Wildman–Crippen LogP) is 32.5. The molecule has 0 radical (unpaired) electrons. The van der Waals surface area contributed by atoms with Gasteiger partial charge in [0.2, 0.25) is 23.6 Å². The fraction of sp³-hybridized carbons (Fsp3) is 0.0744. The van der Waals surface area contributed by atoms with Crippen LogP contribution in [-0.4, -0.2) is 20.4 Å². The number of hydrogen-bond donors (Lipinski definition) is 0. The minimum atomic E-state index is -0.580. The van der Waals surface area contributed by atoms with E-state index in [0.29, 0.717) is 23.6 Å². The summed E-state index contributed by atoms with van der Waals surface area (Å²) in [5.41, 5.74) is 38.9. The van der Waals surface area contributed by atoms with Gasteiger partial charge in [0.15, 0.2) is 0 Å². The molecule has 10 heteroatoms. The fourth-order valence-corrected chi connectivity index (χ4v) is 17.9. The number of aryl methyl sites for hydroxylation is 8. The Morgan fingerprint density at radius 3 is 0.618 bits per heavy atom. The third kappa shape index (κ3) is 18.0. The van der Waals surface area contributed by atoms with Crippen molar-refractivity contribution >= 4 is 68.2 Å². The van der Waals surface area contributed by atoms with E-state index in [1.165, 1.54) is 89.0 Å². The first-order valence-electron chi connectivity index (χ1n) is 44.5. The van der Waals surface area contributed by atoms with Crippen LogP contribution in [0.1, 0.15) is 67.4 Å². The lowest BCUT2D eigenvalue weighted by Crippen LogP contribution is -2.28. The van der Waals surface area contributed by atoms with E-state index in [4.69, 9.17) is 8.83 Å². The van der Waals surface area contributed by atoms with E-state index in [2.05, 4.69) is 518 Å². The number of rotatable bonds is 20. The quantitative estimate of drug-likeness (QED) is 0.0735. The largest absolute Gasteiger partial charge is 0.421 e. The lowest BCUT2D eigenvalue weighted by atomic mass is 9.67. The van der Waals surface area contributed by atoms with Crippen LogP contribution in [0.3, 0.4) is 0 Å². The molecule has 18 aromatic carbocycles. The van der Waals surface area contributed by atoms with Gasteiger partial charge in [0.25, 0.3) is 0 Å². The molecule has 0 saturated heterocycles. The van der Waals surface area contributed by atoms with Crippen LogP contribution in [0.4, 0.5) is 68.2 Å². The summed E-state index contributed by atoms with van der Waals surface area (Å²) in [6, 6.07) is 161. The molecule has 1 aliphatic carbocycles. The number of fused-ring (bicyclic) bond motifs is 3. The molecule has 0 spiro atoms. The summed E-state index contributed by atoms with van der Waals surface area (Å²) in [6.45, 7) is 16.4. The van der Waals surface area contributed by atoms with Gasteiger partial charge in [-0.05, 0) is 312 Å². The van der Waals surface area contributed by atoms with Gasteiger partial charge in [0.05, 0.1) is 5.41 Å². The molecule has 634 valence electrons. The van der Waals surface area contributed by atoms with Crippen LogP contribution in [0, 0.1) is 55.4 Å². The minimum Gasteiger partial charge on any atom is -0.421 e. The van der Waals surface area contributed by atoms with Crippen molar-refractivity contribution in [1.82, 2.24) is 20.4 Å². The van der Waals surface area contributed by atoms with Crippen molar-refractivity contribution in [3.63, 3.8) is 0 Å². The van der Waals surface area contributed by atoms with Gasteiger partial charge in [0, 0.05) is 93.2 Å². The first-order chi connectivity index (χ1) is 64.2. The molecule has 0 fully saturated rings. The zero-order chi connectivity index (χ0) is 89.3. The molecular weight excluding hydrogens is 1600 g/mol. The maximum absolute atomic E-state index is 5.82. The number of aromatic nitrogens is 4. The monoisotopic (exact) mass is 1690 g/mol. The number of nitrogens with zero attached hydrogens (tertiary/aromatic N) is 8. The Bertz CT molecular complexity index is 6870. The Labute approximate surface area is 767 Å². The van der Waals surface area contributed by atoms with Crippen molar-refractivity contribution in [2.75, 3.05) is 19.6 Å². The van der Waals surface area contributed by atoms with Crippen molar-refractivity contribution < 1.29 is 8.83 Å². The Morgan fingerprint density at radius 1 is 0.176 bits per heavy atom. The van der Waals surface area contributed by atoms with Crippen molar-refractivity contribution in [3.8, 4) is 78.5 Å². The van der Waals surface area contributed by atoms with E-state index in [-0.39, 0.29) is 0 Å². The number of hydrogen-bond acceptors (Lipinski definition) is 10. The summed E-state index contributed by atoms with van der Waals surface area (Å²) in [7, 11) is 0. The summed E-state index contributed by atoms with van der Waals surface area (Å²) in [5.74, 6) is 2.09. The zero-order valence-corrected chi connectivity index (χ0v) is 74.6. The van der Waals surface area contributed by atoms with E-state index in [1.54, 1.807) is 13.8 Å². The standard InChI is InChI=1S/2C45H38N2.C31H22N4O2/c2*1-33-15-17-36(18-16-33)37-19-27-42(28-20-37)47(45-14-8-10-35(3)32-45)43-29-23-39(24-30-43)38-21-25-41(26-22-38)46(40-11-5-4-6-12-40)44-13-7-9-34(2)31-44;1-19-32-34-29(36-19)21-13-15-25-26-16-14-22(30-35-33-20(2)37-30)18-28(26)31(27(25)17-21,23-9-5-3-6-10-23)24-11-7-4-8-12-24/h2*4-32H,1-3H3;3-18H,1-2H3. The number of benzene rings is 18. The lowest BCUT2D eigenvalue weighted by Gasteiger charge is -2.34. The Balaban J connectivity index is 0.000000128. The van der Waals surface area contributed by atoms with Crippen molar-refractivity contribution in [3.05, 3.63) is 516 Å². The SMILES string of the molecule is Cc1ccc(-c2ccc(N(c3ccc(-c4ccc(N(c5ccccc5)c5cccc(C)c5)cc4)cc3)c3cccc(C)c3)cc2)cc1.Cc1ccc(-c2ccc(N(c3ccc(-c4ccc(N(c5ccccc5)c5cccc(C)c5)cc4)cc3)c3cccc(C)c3)cc2)cc1.Cc1nnc(-c2ccc3c(c2)C(c2ccccc2)(c2ccccc2)c2cc(-c4nnc(C)o4)ccc2-3)o1. The van der Waals surface area contributed by atoms with Gasteiger partial charge < -0.3 is 28.4 Å². The number of para-hydroxylation sites is 2. The summed E-state index contributed by atoms with van der Waals surface area (Å²) in [5, 5.41) is 16.7. The molecule has 10 nitrogen and oxygen atoms in total. The summed E-state index contributed by atoms with van der Waals surface area (Å²) in [6.07, 6.45) is 0. The van der Waals surface area contributed by atoms with E-state index < -0.39 is 5.41 Å². The average Bonchev–Trinajstić information content (AvgIpc) is 1.53. The van der Waals surface area contributed by atoms with Gasteiger partial charge in [-0.15, -0.1) is 20.4 Å². The van der Waals surface area contributed by atoms with Crippen LogP contribution >= 0.6 is 0 Å². The third-order valence-electron chi connectivity index (χ3n) is 24.4. The van der Waals surface area contributed by atoms with Crippen LogP contribution < -0.4 is 19.6 Å². The second-order valence-electron chi connectivity index (χ2n) is 33.6. The minimum absolute atomic E-state index is 0.508. The molecule has 21 rings (SSSR count). The highest BCUT2D eigenvalue weighted by atomic mass is 16.4. The summed E-state index contributed by atoms with van der Waals surface area (Å²) < 4.78 is 11.6. The molecule has 2 aromatic heterocycles. The topological polar surface area (TPSA) is 90.8 Å². The van der Waals surface area contributed by atoms with Crippen molar-refractivity contribution in [2.45, 2.75) is 60.8 Å². The third-order valence-corrected chi connectivity index (χ3v) is 24.4. The lowest BCUT2D eigenvalue weighted by molar-refractivity contribution is 0.532. The highest BCUT2D eigenvalue weighted by Gasteiger charge is 2.47. The van der Waals surface area contributed by atoms with Gasteiger partial charge in [-0.2, -0.15) is 0 Å². The molecule has 0 N–H and O–H groups in total. The fourth-order valence-electron chi connectivity index (χ4n) is 17.9. The summed E-state index contributed by atoms with van der Waals surface area (Å²) >= 11 is 0. The molecule has 20 aromatic rings. The van der Waals surface area contributed by atoms with E-state index >= 15 is 0 Å². The van der Waals surface area contributed by atoms with Gasteiger partial charge in [0.1, 0.15) is 0 Å². The van der Waals surface area contributed by atoms with Crippen molar-refractivity contribution in [2.24, 2.45) is 0 Å². The molecule has 131 heavy (non-hydrogen) atoms. The Morgan fingerprint density at radius 2 is 0.389 bits per heavy atom. The molecule has 1 aliphatic rings. The molecular formula is C121H98N8O2. The highest BCUT2D eigenvalue weighted by Crippen LogP contribution is 2.58.